The van der Waals surface area contributed by atoms with Gasteiger partial charge in [-0.15, -0.1) is 0 Å². The Morgan fingerprint density at radius 3 is 2.81 bits per heavy atom. The van der Waals surface area contributed by atoms with Crippen LogP contribution in [0.15, 0.2) is 6.20 Å². The minimum absolute atomic E-state index is 0.138. The van der Waals surface area contributed by atoms with Gasteiger partial charge in [0.15, 0.2) is 5.11 Å². The van der Waals surface area contributed by atoms with Crippen LogP contribution in [0.3, 0.4) is 0 Å². The van der Waals surface area contributed by atoms with E-state index in [0.29, 0.717) is 24.3 Å². The molecule has 88 valence electrons. The number of carbonyl (C=O) groups excluding carboxylic acids is 1. The van der Waals surface area contributed by atoms with Crippen molar-refractivity contribution in [3.05, 3.63) is 17.5 Å². The molecule has 16 heavy (non-hydrogen) atoms. The van der Waals surface area contributed by atoms with Crippen LogP contribution in [-0.2, 0) is 11.2 Å². The molecular weight excluding hydrogens is 226 g/mol. The Hall–Kier alpha value is -1.43. The van der Waals surface area contributed by atoms with Crippen LogP contribution < -0.4 is 5.73 Å². The molecule has 1 heterocycles. The third-order valence-corrected chi connectivity index (χ3v) is 2.23. The summed E-state index contributed by atoms with van der Waals surface area (Å²) in [5.41, 5.74) is 6.67. The summed E-state index contributed by atoms with van der Waals surface area (Å²) < 4.78 is 6.34. The molecule has 0 aromatic carbocycles. The number of carbonyl (C=O) groups is 1. The fourth-order valence-corrected chi connectivity index (χ4v) is 1.58. The Balaban J connectivity index is 3.09. The van der Waals surface area contributed by atoms with Crippen LogP contribution in [-0.4, -0.2) is 27.5 Å². The Morgan fingerprint density at radius 2 is 2.31 bits per heavy atom. The molecule has 0 amide bonds. The molecule has 1 aromatic heterocycles. The van der Waals surface area contributed by atoms with Crippen LogP contribution in [0.4, 0.5) is 0 Å². The molecule has 0 aliphatic heterocycles. The number of rotatable bonds is 4. The summed E-state index contributed by atoms with van der Waals surface area (Å²) in [5, 5.41) is 4.13. The second-order valence-corrected chi connectivity index (χ2v) is 3.64. The molecule has 0 saturated carbocycles. The quantitative estimate of drug-likeness (QED) is 0.631. The summed E-state index contributed by atoms with van der Waals surface area (Å²) in [4.78, 5) is 11.6. The van der Waals surface area contributed by atoms with E-state index in [1.165, 1.54) is 10.9 Å². The third kappa shape index (κ3) is 2.57. The van der Waals surface area contributed by atoms with Crippen molar-refractivity contribution in [2.45, 2.75) is 26.7 Å². The van der Waals surface area contributed by atoms with E-state index in [4.69, 9.17) is 22.7 Å². The SMILES string of the molecule is CCCc1c(C(=O)OCC)cnn1C(N)=S. The summed E-state index contributed by atoms with van der Waals surface area (Å²) in [6, 6.07) is 0. The summed E-state index contributed by atoms with van der Waals surface area (Å²) in [5.74, 6) is -0.381. The number of aromatic nitrogens is 2. The van der Waals surface area contributed by atoms with Crippen molar-refractivity contribution in [3.63, 3.8) is 0 Å². The second kappa shape index (κ2) is 5.60. The minimum atomic E-state index is -0.381. The molecular formula is C10H15N3O2S. The summed E-state index contributed by atoms with van der Waals surface area (Å²) in [6.07, 6.45) is 3.01. The largest absolute Gasteiger partial charge is 0.462 e. The van der Waals surface area contributed by atoms with Gasteiger partial charge in [0.1, 0.15) is 5.56 Å². The number of hydrogen-bond donors (Lipinski definition) is 1. The number of thiocarbonyl (C=S) groups is 1. The van der Waals surface area contributed by atoms with Gasteiger partial charge in [0.05, 0.1) is 18.5 Å². The van der Waals surface area contributed by atoms with Gasteiger partial charge in [-0.05, 0) is 25.6 Å². The highest BCUT2D eigenvalue weighted by molar-refractivity contribution is 7.80. The monoisotopic (exact) mass is 241 g/mol. The van der Waals surface area contributed by atoms with Crippen molar-refractivity contribution in [1.82, 2.24) is 9.78 Å². The standard InChI is InChI=1S/C10H15N3O2S/c1-3-5-8-7(9(14)15-4-2)6-12-13(8)10(11)16/h6H,3-5H2,1-2H3,(H2,11,16). The number of ether oxygens (including phenoxy) is 1. The maximum atomic E-state index is 11.6. The lowest BCUT2D eigenvalue weighted by atomic mass is 10.1. The zero-order chi connectivity index (χ0) is 12.1. The highest BCUT2D eigenvalue weighted by Gasteiger charge is 2.18. The van der Waals surface area contributed by atoms with E-state index in [-0.39, 0.29) is 11.1 Å². The smallest absolute Gasteiger partial charge is 0.341 e. The van der Waals surface area contributed by atoms with Crippen molar-refractivity contribution in [1.29, 1.82) is 0 Å². The van der Waals surface area contributed by atoms with Crippen molar-refractivity contribution >= 4 is 23.3 Å². The fraction of sp³-hybridized carbons (Fsp3) is 0.500. The predicted octanol–water partition coefficient (Wildman–Crippen LogP) is 1.10. The molecule has 5 nitrogen and oxygen atoms in total. The Morgan fingerprint density at radius 1 is 1.62 bits per heavy atom. The van der Waals surface area contributed by atoms with Gasteiger partial charge >= 0.3 is 5.97 Å². The van der Waals surface area contributed by atoms with Crippen LogP contribution in [0.1, 0.15) is 36.3 Å². The molecule has 0 radical (unpaired) electrons. The number of nitrogens with zero attached hydrogens (tertiary/aromatic N) is 2. The average Bonchev–Trinajstić information content (AvgIpc) is 2.62. The van der Waals surface area contributed by atoms with Gasteiger partial charge in [-0.25, -0.2) is 9.48 Å². The first kappa shape index (κ1) is 12.6. The zero-order valence-electron chi connectivity index (χ0n) is 9.40. The maximum absolute atomic E-state index is 11.6. The normalized spacial score (nSPS) is 10.1. The molecule has 6 heteroatoms. The van der Waals surface area contributed by atoms with Crippen molar-refractivity contribution < 1.29 is 9.53 Å². The highest BCUT2D eigenvalue weighted by Crippen LogP contribution is 2.12. The lowest BCUT2D eigenvalue weighted by Gasteiger charge is -2.06. The Kier molecular flexibility index (Phi) is 4.42. The maximum Gasteiger partial charge on any atom is 0.341 e. The minimum Gasteiger partial charge on any atom is -0.462 e. The van der Waals surface area contributed by atoms with E-state index >= 15 is 0 Å². The van der Waals surface area contributed by atoms with Gasteiger partial charge < -0.3 is 10.5 Å². The van der Waals surface area contributed by atoms with Crippen LogP contribution >= 0.6 is 12.2 Å². The van der Waals surface area contributed by atoms with E-state index in [0.717, 1.165) is 6.42 Å². The van der Waals surface area contributed by atoms with Crippen molar-refractivity contribution in [3.8, 4) is 0 Å². The van der Waals surface area contributed by atoms with Gasteiger partial charge in [0, 0.05) is 0 Å². The Labute approximate surface area is 99.6 Å². The molecule has 1 rings (SSSR count). The summed E-state index contributed by atoms with van der Waals surface area (Å²) in [7, 11) is 0. The van der Waals surface area contributed by atoms with Crippen LogP contribution in [0, 0.1) is 0 Å². The molecule has 0 atom stereocenters. The van der Waals surface area contributed by atoms with Crippen LogP contribution in [0.2, 0.25) is 0 Å². The molecule has 0 unspecified atom stereocenters. The first-order chi connectivity index (χ1) is 7.61. The van der Waals surface area contributed by atoms with E-state index in [1.807, 2.05) is 6.92 Å². The lowest BCUT2D eigenvalue weighted by Crippen LogP contribution is -2.23. The van der Waals surface area contributed by atoms with Gasteiger partial charge in [-0.2, -0.15) is 5.10 Å². The lowest BCUT2D eigenvalue weighted by molar-refractivity contribution is 0.0525. The first-order valence-electron chi connectivity index (χ1n) is 5.15. The first-order valence-corrected chi connectivity index (χ1v) is 5.56. The molecule has 0 aliphatic rings. The number of hydrogen-bond acceptors (Lipinski definition) is 4. The van der Waals surface area contributed by atoms with Crippen LogP contribution in [0.5, 0.6) is 0 Å². The van der Waals surface area contributed by atoms with Gasteiger partial charge in [0.2, 0.25) is 0 Å². The van der Waals surface area contributed by atoms with E-state index < -0.39 is 0 Å². The molecule has 2 N–H and O–H groups in total. The zero-order valence-corrected chi connectivity index (χ0v) is 10.2. The van der Waals surface area contributed by atoms with E-state index in [1.54, 1.807) is 6.92 Å². The topological polar surface area (TPSA) is 70.1 Å². The fourth-order valence-electron chi connectivity index (χ4n) is 1.42. The second-order valence-electron chi connectivity index (χ2n) is 3.23. The average molecular weight is 241 g/mol. The molecule has 0 bridgehead atoms. The highest BCUT2D eigenvalue weighted by atomic mass is 32.1. The molecule has 1 aromatic rings. The van der Waals surface area contributed by atoms with E-state index in [9.17, 15) is 4.79 Å². The molecule has 0 aliphatic carbocycles. The third-order valence-electron chi connectivity index (χ3n) is 2.06. The van der Waals surface area contributed by atoms with Gasteiger partial charge in [-0.1, -0.05) is 13.3 Å². The number of esters is 1. The van der Waals surface area contributed by atoms with Crippen molar-refractivity contribution in [2.75, 3.05) is 6.61 Å². The summed E-state index contributed by atoms with van der Waals surface area (Å²) in [6.45, 7) is 4.10. The number of nitrogens with two attached hydrogens (primary N) is 1. The summed E-state index contributed by atoms with van der Waals surface area (Å²) >= 11 is 4.85. The van der Waals surface area contributed by atoms with Gasteiger partial charge in [-0.3, -0.25) is 0 Å². The molecule has 0 fully saturated rings. The predicted molar refractivity (Wildman–Crippen MR) is 64.4 cm³/mol. The van der Waals surface area contributed by atoms with Gasteiger partial charge in [0.25, 0.3) is 0 Å². The molecule has 0 spiro atoms. The van der Waals surface area contributed by atoms with Crippen LogP contribution in [0.25, 0.3) is 0 Å². The Bertz CT molecular complexity index is 401. The molecule has 0 saturated heterocycles. The van der Waals surface area contributed by atoms with E-state index in [2.05, 4.69) is 5.10 Å². The van der Waals surface area contributed by atoms with Crippen molar-refractivity contribution in [2.24, 2.45) is 5.73 Å².